The Hall–Kier alpha value is -1.07. The molecule has 5 nitrogen and oxygen atoms in total. The van der Waals surface area contributed by atoms with Crippen LogP contribution in [0.1, 0.15) is 13.8 Å². The van der Waals surface area contributed by atoms with Crippen LogP contribution in [-0.2, 0) is 0 Å². The van der Waals surface area contributed by atoms with Crippen LogP contribution < -0.4 is 9.64 Å². The van der Waals surface area contributed by atoms with Crippen molar-refractivity contribution >= 4 is 17.4 Å². The maximum absolute atomic E-state index is 9.71. The fourth-order valence-corrected chi connectivity index (χ4v) is 1.60. The maximum Gasteiger partial charge on any atom is 0.318 e. The lowest BCUT2D eigenvalue weighted by atomic mass is 10.1. The second-order valence-electron chi connectivity index (χ2n) is 4.20. The SMILES string of the molecule is COc1ncc(Cl)c(N(C)CC(C)(C)O)n1. The predicted molar refractivity (Wildman–Crippen MR) is 63.2 cm³/mol. The van der Waals surface area contributed by atoms with Gasteiger partial charge in [0.15, 0.2) is 5.82 Å². The molecule has 0 saturated carbocycles. The van der Waals surface area contributed by atoms with Gasteiger partial charge in [-0.2, -0.15) is 4.98 Å². The minimum Gasteiger partial charge on any atom is -0.467 e. The molecule has 1 heterocycles. The number of methoxy groups -OCH3 is 1. The highest BCUT2D eigenvalue weighted by molar-refractivity contribution is 6.32. The van der Waals surface area contributed by atoms with E-state index in [-0.39, 0.29) is 6.01 Å². The van der Waals surface area contributed by atoms with Gasteiger partial charge in [0.1, 0.15) is 5.02 Å². The van der Waals surface area contributed by atoms with Crippen LogP contribution in [0.4, 0.5) is 5.82 Å². The number of hydrogen-bond donors (Lipinski definition) is 1. The first-order chi connectivity index (χ1) is 7.33. The monoisotopic (exact) mass is 245 g/mol. The van der Waals surface area contributed by atoms with Gasteiger partial charge in [-0.15, -0.1) is 0 Å². The summed E-state index contributed by atoms with van der Waals surface area (Å²) < 4.78 is 4.92. The lowest BCUT2D eigenvalue weighted by Gasteiger charge is -2.26. The van der Waals surface area contributed by atoms with Gasteiger partial charge in [-0.25, -0.2) is 4.98 Å². The summed E-state index contributed by atoms with van der Waals surface area (Å²) in [5, 5.41) is 10.1. The molecular weight excluding hydrogens is 230 g/mol. The first-order valence-electron chi connectivity index (χ1n) is 4.83. The summed E-state index contributed by atoms with van der Waals surface area (Å²) in [5.41, 5.74) is -0.823. The molecule has 1 rings (SSSR count). The van der Waals surface area contributed by atoms with E-state index in [1.807, 2.05) is 0 Å². The molecule has 0 aliphatic heterocycles. The summed E-state index contributed by atoms with van der Waals surface area (Å²) in [6.07, 6.45) is 1.48. The number of hydrogen-bond acceptors (Lipinski definition) is 5. The molecule has 16 heavy (non-hydrogen) atoms. The molecule has 1 aromatic heterocycles. The molecule has 0 fully saturated rings. The van der Waals surface area contributed by atoms with Gasteiger partial charge in [0.05, 0.1) is 18.9 Å². The van der Waals surface area contributed by atoms with Gasteiger partial charge in [0.2, 0.25) is 0 Å². The molecule has 1 N–H and O–H groups in total. The van der Waals surface area contributed by atoms with E-state index in [1.54, 1.807) is 25.8 Å². The predicted octanol–water partition coefficient (Wildman–Crippen LogP) is 1.35. The number of ether oxygens (including phenoxy) is 1. The fraction of sp³-hybridized carbons (Fsp3) is 0.600. The van der Waals surface area contributed by atoms with Crippen LogP contribution in [0.25, 0.3) is 0 Å². The van der Waals surface area contributed by atoms with Gasteiger partial charge in [-0.3, -0.25) is 0 Å². The third-order valence-electron chi connectivity index (χ3n) is 1.87. The molecule has 0 spiro atoms. The van der Waals surface area contributed by atoms with Crippen LogP contribution in [0.2, 0.25) is 5.02 Å². The molecule has 0 radical (unpaired) electrons. The average Bonchev–Trinajstić information content (AvgIpc) is 2.15. The Kier molecular flexibility index (Phi) is 3.93. The van der Waals surface area contributed by atoms with Crippen molar-refractivity contribution in [2.24, 2.45) is 0 Å². The van der Waals surface area contributed by atoms with E-state index in [1.165, 1.54) is 13.3 Å². The van der Waals surface area contributed by atoms with Crippen molar-refractivity contribution in [2.45, 2.75) is 19.4 Å². The van der Waals surface area contributed by atoms with Crippen molar-refractivity contribution in [3.63, 3.8) is 0 Å². The first-order valence-corrected chi connectivity index (χ1v) is 5.21. The molecule has 0 unspecified atom stereocenters. The third-order valence-corrected chi connectivity index (χ3v) is 2.14. The second-order valence-corrected chi connectivity index (χ2v) is 4.60. The van der Waals surface area contributed by atoms with E-state index in [4.69, 9.17) is 16.3 Å². The molecule has 0 aliphatic rings. The molecule has 90 valence electrons. The minimum absolute atomic E-state index is 0.252. The standard InChI is InChI=1S/C10H16ClN3O2/c1-10(2,15)6-14(3)8-7(11)5-12-9(13-8)16-4/h5,15H,6H2,1-4H3. The summed E-state index contributed by atoms with van der Waals surface area (Å²) in [6.45, 7) is 3.85. The number of likely N-dealkylation sites (N-methyl/N-ethyl adjacent to an activating group) is 1. The highest BCUT2D eigenvalue weighted by Gasteiger charge is 2.19. The van der Waals surface area contributed by atoms with E-state index in [2.05, 4.69) is 9.97 Å². The average molecular weight is 246 g/mol. The Labute approximate surface area is 100 Å². The van der Waals surface area contributed by atoms with Crippen molar-refractivity contribution in [3.05, 3.63) is 11.2 Å². The van der Waals surface area contributed by atoms with E-state index >= 15 is 0 Å². The third kappa shape index (κ3) is 3.50. The van der Waals surface area contributed by atoms with Crippen LogP contribution in [0, 0.1) is 0 Å². The van der Waals surface area contributed by atoms with Crippen molar-refractivity contribution in [3.8, 4) is 6.01 Å². The zero-order valence-electron chi connectivity index (χ0n) is 9.86. The minimum atomic E-state index is -0.823. The van der Waals surface area contributed by atoms with Gasteiger partial charge < -0.3 is 14.7 Å². The topological polar surface area (TPSA) is 58.5 Å². The Morgan fingerprint density at radius 2 is 2.19 bits per heavy atom. The summed E-state index contributed by atoms with van der Waals surface area (Å²) >= 11 is 5.97. The molecule has 1 aromatic rings. The number of anilines is 1. The Morgan fingerprint density at radius 1 is 1.56 bits per heavy atom. The molecule has 0 amide bonds. The summed E-state index contributed by atoms with van der Waals surface area (Å²) in [5.74, 6) is 0.538. The maximum atomic E-state index is 9.71. The van der Waals surface area contributed by atoms with Gasteiger partial charge in [0, 0.05) is 13.6 Å². The number of aromatic nitrogens is 2. The van der Waals surface area contributed by atoms with E-state index in [9.17, 15) is 5.11 Å². The fourth-order valence-electron chi connectivity index (χ4n) is 1.36. The Bertz CT molecular complexity index is 366. The van der Waals surface area contributed by atoms with E-state index in [0.29, 0.717) is 17.4 Å². The van der Waals surface area contributed by atoms with Crippen LogP contribution in [0.3, 0.4) is 0 Å². The smallest absolute Gasteiger partial charge is 0.318 e. The van der Waals surface area contributed by atoms with Gasteiger partial charge >= 0.3 is 6.01 Å². The number of halogens is 1. The molecule has 0 atom stereocenters. The molecule has 0 bridgehead atoms. The van der Waals surface area contributed by atoms with Crippen LogP contribution in [-0.4, -0.2) is 41.4 Å². The van der Waals surface area contributed by atoms with E-state index in [0.717, 1.165) is 0 Å². The second kappa shape index (κ2) is 4.84. The van der Waals surface area contributed by atoms with Crippen molar-refractivity contribution in [1.29, 1.82) is 0 Å². The summed E-state index contributed by atoms with van der Waals surface area (Å²) in [7, 11) is 3.29. The molecule has 6 heteroatoms. The van der Waals surface area contributed by atoms with Gasteiger partial charge in [-0.1, -0.05) is 11.6 Å². The normalized spacial score (nSPS) is 11.4. The first kappa shape index (κ1) is 13.0. The number of nitrogens with zero attached hydrogens (tertiary/aromatic N) is 3. The van der Waals surface area contributed by atoms with Crippen molar-refractivity contribution < 1.29 is 9.84 Å². The zero-order valence-corrected chi connectivity index (χ0v) is 10.6. The summed E-state index contributed by atoms with van der Waals surface area (Å²) in [6, 6.07) is 0.252. The van der Waals surface area contributed by atoms with Crippen LogP contribution in [0.5, 0.6) is 6.01 Å². The van der Waals surface area contributed by atoms with Crippen molar-refractivity contribution in [2.75, 3.05) is 25.6 Å². The quantitative estimate of drug-likeness (QED) is 0.868. The zero-order chi connectivity index (χ0) is 12.3. The highest BCUT2D eigenvalue weighted by atomic mass is 35.5. The van der Waals surface area contributed by atoms with Crippen LogP contribution in [0.15, 0.2) is 6.20 Å². The van der Waals surface area contributed by atoms with Gasteiger partial charge in [-0.05, 0) is 13.8 Å². The lowest BCUT2D eigenvalue weighted by Crippen LogP contribution is -2.36. The Balaban J connectivity index is 2.93. The number of aliphatic hydroxyl groups is 1. The number of rotatable bonds is 4. The molecule has 0 saturated heterocycles. The van der Waals surface area contributed by atoms with Crippen molar-refractivity contribution in [1.82, 2.24) is 9.97 Å². The lowest BCUT2D eigenvalue weighted by molar-refractivity contribution is 0.0884. The highest BCUT2D eigenvalue weighted by Crippen LogP contribution is 2.24. The molecule has 0 aliphatic carbocycles. The van der Waals surface area contributed by atoms with Gasteiger partial charge in [0.25, 0.3) is 0 Å². The van der Waals surface area contributed by atoms with Crippen LogP contribution >= 0.6 is 11.6 Å². The molecular formula is C10H16ClN3O2. The molecule has 0 aromatic carbocycles. The van der Waals surface area contributed by atoms with E-state index < -0.39 is 5.60 Å². The Morgan fingerprint density at radius 3 is 2.69 bits per heavy atom. The summed E-state index contributed by atoms with van der Waals surface area (Å²) in [4.78, 5) is 9.76. The largest absolute Gasteiger partial charge is 0.467 e.